The standard InChI is InChI=1S/C19H23NO3/c1-5-12-8-6-7-9-13(12)20-16(23)19-11-10-18(4,17(19,2)3)14(21)15(19)22/h6-9H,5,10-11H2,1-4H3,(H,20,23)/t18-,19+/m1/s1. The van der Waals surface area contributed by atoms with E-state index >= 15 is 0 Å². The molecule has 122 valence electrons. The van der Waals surface area contributed by atoms with E-state index in [-0.39, 0.29) is 11.7 Å². The fraction of sp³-hybridized carbons (Fsp3) is 0.526. The number of hydrogen-bond acceptors (Lipinski definition) is 3. The number of benzene rings is 1. The molecule has 2 bridgehead atoms. The highest BCUT2D eigenvalue weighted by Gasteiger charge is 2.77. The molecular weight excluding hydrogens is 290 g/mol. The number of rotatable bonds is 3. The van der Waals surface area contributed by atoms with E-state index in [4.69, 9.17) is 0 Å². The van der Waals surface area contributed by atoms with Gasteiger partial charge in [0.25, 0.3) is 0 Å². The summed E-state index contributed by atoms with van der Waals surface area (Å²) < 4.78 is 0. The maximum absolute atomic E-state index is 13.1. The first kappa shape index (κ1) is 15.9. The first-order valence-electron chi connectivity index (χ1n) is 8.21. The zero-order valence-electron chi connectivity index (χ0n) is 14.2. The molecule has 0 radical (unpaired) electrons. The van der Waals surface area contributed by atoms with Crippen LogP contribution in [0.5, 0.6) is 0 Å². The molecule has 2 atom stereocenters. The van der Waals surface area contributed by atoms with Crippen LogP contribution in [0.25, 0.3) is 0 Å². The van der Waals surface area contributed by atoms with Crippen molar-refractivity contribution in [2.75, 3.05) is 5.32 Å². The summed E-state index contributed by atoms with van der Waals surface area (Å²) in [6.45, 7) is 7.61. The molecule has 0 saturated heterocycles. The number of anilines is 1. The number of para-hydroxylation sites is 1. The number of nitrogens with one attached hydrogen (secondary N) is 1. The normalized spacial score (nSPS) is 31.5. The highest BCUT2D eigenvalue weighted by molar-refractivity contribution is 6.49. The maximum atomic E-state index is 13.1. The Balaban J connectivity index is 2.02. The van der Waals surface area contributed by atoms with Crippen LogP contribution in [0.15, 0.2) is 24.3 Å². The van der Waals surface area contributed by atoms with Gasteiger partial charge in [-0.3, -0.25) is 14.4 Å². The second-order valence-corrected chi connectivity index (χ2v) is 7.49. The Hall–Kier alpha value is -1.97. The first-order chi connectivity index (χ1) is 10.7. The summed E-state index contributed by atoms with van der Waals surface area (Å²) >= 11 is 0. The fourth-order valence-electron chi connectivity index (χ4n) is 4.45. The summed E-state index contributed by atoms with van der Waals surface area (Å²) in [4.78, 5) is 38.2. The zero-order chi connectivity index (χ0) is 17.0. The van der Waals surface area contributed by atoms with Crippen molar-refractivity contribution >= 4 is 23.2 Å². The first-order valence-corrected chi connectivity index (χ1v) is 8.21. The number of amides is 1. The molecule has 23 heavy (non-hydrogen) atoms. The molecule has 0 unspecified atom stereocenters. The van der Waals surface area contributed by atoms with E-state index in [9.17, 15) is 14.4 Å². The molecule has 2 fully saturated rings. The Morgan fingerprint density at radius 1 is 1.09 bits per heavy atom. The number of carbonyl (C=O) groups excluding carboxylic acids is 3. The van der Waals surface area contributed by atoms with Crippen molar-refractivity contribution in [1.29, 1.82) is 0 Å². The fourth-order valence-corrected chi connectivity index (χ4v) is 4.45. The van der Waals surface area contributed by atoms with Gasteiger partial charge in [0, 0.05) is 11.1 Å². The largest absolute Gasteiger partial charge is 0.325 e. The lowest BCUT2D eigenvalue weighted by Gasteiger charge is -2.37. The highest BCUT2D eigenvalue weighted by atomic mass is 16.2. The molecule has 1 aromatic carbocycles. The SMILES string of the molecule is CCc1ccccc1NC(=O)[C@]12CC[C@](C)(C(=O)C1=O)C2(C)C. The van der Waals surface area contributed by atoms with E-state index in [1.165, 1.54) is 0 Å². The topological polar surface area (TPSA) is 63.2 Å². The summed E-state index contributed by atoms with van der Waals surface area (Å²) in [5.41, 5.74) is -0.886. The number of carbonyl (C=O) groups is 3. The Bertz CT molecular complexity index is 721. The second-order valence-electron chi connectivity index (χ2n) is 7.49. The Morgan fingerprint density at radius 3 is 2.30 bits per heavy atom. The van der Waals surface area contributed by atoms with Crippen LogP contribution >= 0.6 is 0 Å². The summed E-state index contributed by atoms with van der Waals surface area (Å²) in [6, 6.07) is 7.58. The van der Waals surface area contributed by atoms with E-state index in [0.29, 0.717) is 12.8 Å². The van der Waals surface area contributed by atoms with Gasteiger partial charge in [-0.15, -0.1) is 0 Å². The molecule has 0 heterocycles. The minimum atomic E-state index is -1.24. The van der Waals surface area contributed by atoms with Crippen molar-refractivity contribution in [2.24, 2.45) is 16.2 Å². The Labute approximate surface area is 136 Å². The molecule has 4 nitrogen and oxygen atoms in total. The van der Waals surface area contributed by atoms with E-state index in [1.807, 2.05) is 52.0 Å². The van der Waals surface area contributed by atoms with E-state index in [0.717, 1.165) is 17.7 Å². The van der Waals surface area contributed by atoms with Gasteiger partial charge in [0.05, 0.1) is 0 Å². The summed E-state index contributed by atoms with van der Waals surface area (Å²) in [5.74, 6) is -1.22. The van der Waals surface area contributed by atoms with Crippen LogP contribution < -0.4 is 5.32 Å². The van der Waals surface area contributed by atoms with Crippen molar-refractivity contribution in [3.63, 3.8) is 0 Å². The van der Waals surface area contributed by atoms with Crippen LogP contribution in [0.2, 0.25) is 0 Å². The van der Waals surface area contributed by atoms with Crippen LogP contribution in [-0.2, 0) is 20.8 Å². The third-order valence-electron chi connectivity index (χ3n) is 6.58. The summed E-state index contributed by atoms with van der Waals surface area (Å²) in [5, 5.41) is 2.93. The molecule has 3 rings (SSSR count). The Morgan fingerprint density at radius 2 is 1.74 bits per heavy atom. The average molecular weight is 313 g/mol. The number of hydrogen-bond donors (Lipinski definition) is 1. The number of fused-ring (bicyclic) bond motifs is 2. The van der Waals surface area contributed by atoms with E-state index < -0.39 is 22.0 Å². The van der Waals surface area contributed by atoms with Gasteiger partial charge in [-0.1, -0.05) is 45.9 Å². The molecule has 0 aromatic heterocycles. The lowest BCUT2D eigenvalue weighted by molar-refractivity contribution is -0.147. The molecule has 4 heteroatoms. The molecule has 0 spiro atoms. The number of Topliss-reactive ketones (excluding diaryl/α,β-unsaturated/α-hetero) is 2. The molecule has 1 N–H and O–H groups in total. The third kappa shape index (κ3) is 1.69. The van der Waals surface area contributed by atoms with Crippen LogP contribution in [0, 0.1) is 16.2 Å². The maximum Gasteiger partial charge on any atom is 0.239 e. The molecule has 2 aliphatic carbocycles. The molecule has 1 aromatic rings. The number of ketones is 2. The average Bonchev–Trinajstić information content (AvgIpc) is 2.80. The molecule has 2 saturated carbocycles. The molecule has 2 aliphatic rings. The van der Waals surface area contributed by atoms with Crippen LogP contribution in [0.3, 0.4) is 0 Å². The van der Waals surface area contributed by atoms with Gasteiger partial charge in [0.1, 0.15) is 5.41 Å². The van der Waals surface area contributed by atoms with Gasteiger partial charge in [-0.05, 0) is 36.3 Å². The highest BCUT2D eigenvalue weighted by Crippen LogP contribution is 2.69. The van der Waals surface area contributed by atoms with Gasteiger partial charge in [-0.2, -0.15) is 0 Å². The smallest absolute Gasteiger partial charge is 0.239 e. The van der Waals surface area contributed by atoms with Crippen molar-refractivity contribution in [3.8, 4) is 0 Å². The predicted octanol–water partition coefficient (Wildman–Crippen LogP) is 3.15. The van der Waals surface area contributed by atoms with Gasteiger partial charge >= 0.3 is 0 Å². The minimum Gasteiger partial charge on any atom is -0.325 e. The lowest BCUT2D eigenvalue weighted by Crippen LogP contribution is -2.47. The third-order valence-corrected chi connectivity index (χ3v) is 6.58. The second kappa shape index (κ2) is 4.76. The Kier molecular flexibility index (Phi) is 3.29. The quantitative estimate of drug-likeness (QED) is 0.688. The minimum absolute atomic E-state index is 0.331. The lowest BCUT2D eigenvalue weighted by atomic mass is 9.64. The van der Waals surface area contributed by atoms with E-state index in [2.05, 4.69) is 5.32 Å². The van der Waals surface area contributed by atoms with E-state index in [1.54, 1.807) is 0 Å². The monoisotopic (exact) mass is 313 g/mol. The molecule has 1 amide bonds. The van der Waals surface area contributed by atoms with Gasteiger partial charge < -0.3 is 5.32 Å². The van der Waals surface area contributed by atoms with Crippen molar-refractivity contribution < 1.29 is 14.4 Å². The summed E-state index contributed by atoms with van der Waals surface area (Å²) in [7, 11) is 0. The van der Waals surface area contributed by atoms with Crippen molar-refractivity contribution in [1.82, 2.24) is 0 Å². The van der Waals surface area contributed by atoms with Gasteiger partial charge in [-0.25, -0.2) is 0 Å². The molecule has 0 aliphatic heterocycles. The van der Waals surface area contributed by atoms with Crippen LogP contribution in [0.1, 0.15) is 46.1 Å². The molecular formula is C19H23NO3. The van der Waals surface area contributed by atoms with Gasteiger partial charge in [0.15, 0.2) is 0 Å². The van der Waals surface area contributed by atoms with Crippen molar-refractivity contribution in [2.45, 2.75) is 47.0 Å². The summed E-state index contributed by atoms with van der Waals surface area (Å²) in [6.07, 6.45) is 1.83. The van der Waals surface area contributed by atoms with Gasteiger partial charge in [0.2, 0.25) is 17.5 Å². The predicted molar refractivity (Wildman–Crippen MR) is 88.0 cm³/mol. The zero-order valence-corrected chi connectivity index (χ0v) is 14.2. The number of aryl methyl sites for hydroxylation is 1. The van der Waals surface area contributed by atoms with Crippen LogP contribution in [0.4, 0.5) is 5.69 Å². The van der Waals surface area contributed by atoms with Crippen molar-refractivity contribution in [3.05, 3.63) is 29.8 Å². The van der Waals surface area contributed by atoms with Crippen LogP contribution in [-0.4, -0.2) is 17.5 Å².